The van der Waals surface area contributed by atoms with E-state index in [0.717, 1.165) is 17.8 Å². The summed E-state index contributed by atoms with van der Waals surface area (Å²) < 4.78 is 0. The molecule has 0 fully saturated rings. The van der Waals surface area contributed by atoms with Crippen molar-refractivity contribution in [3.05, 3.63) is 65.9 Å². The second kappa shape index (κ2) is 4.71. The Morgan fingerprint density at radius 1 is 1.00 bits per heavy atom. The Morgan fingerprint density at radius 2 is 1.75 bits per heavy atom. The second-order valence-corrected chi connectivity index (χ2v) is 4.02. The lowest BCUT2D eigenvalue weighted by Crippen LogP contribution is -1.98. The summed E-state index contributed by atoms with van der Waals surface area (Å²) in [5, 5.41) is 0. The van der Waals surface area contributed by atoms with Crippen LogP contribution in [0.5, 0.6) is 0 Å². The number of hydrogen-bond acceptors (Lipinski definition) is 2. The van der Waals surface area contributed by atoms with E-state index in [-0.39, 0.29) is 0 Å². The van der Waals surface area contributed by atoms with Gasteiger partial charge in [-0.2, -0.15) is 0 Å². The fraction of sp³-hybridized carbons (Fsp3) is 0.143. The summed E-state index contributed by atoms with van der Waals surface area (Å²) in [6, 6.07) is 8.01. The minimum absolute atomic E-state index is 0.404. The maximum absolute atomic E-state index is 5.72. The molecule has 2 heteroatoms. The normalized spacial score (nSPS) is 19.2. The van der Waals surface area contributed by atoms with Gasteiger partial charge in [-0.05, 0) is 42.2 Å². The molecule has 0 aromatic heterocycles. The first-order valence-corrected chi connectivity index (χ1v) is 5.40. The van der Waals surface area contributed by atoms with Crippen molar-refractivity contribution in [2.75, 3.05) is 5.73 Å². The Kier molecular flexibility index (Phi) is 3.10. The first kappa shape index (κ1) is 10.6. The van der Waals surface area contributed by atoms with E-state index in [4.69, 9.17) is 11.5 Å². The van der Waals surface area contributed by atoms with Crippen LogP contribution in [0.4, 0.5) is 5.69 Å². The van der Waals surface area contributed by atoms with E-state index in [0.29, 0.717) is 5.92 Å². The molecule has 0 amide bonds. The quantitative estimate of drug-likeness (QED) is 0.739. The highest BCUT2D eigenvalue weighted by molar-refractivity contribution is 5.39. The predicted molar refractivity (Wildman–Crippen MR) is 68.6 cm³/mol. The van der Waals surface area contributed by atoms with Gasteiger partial charge >= 0.3 is 0 Å². The van der Waals surface area contributed by atoms with Crippen molar-refractivity contribution in [3.8, 4) is 0 Å². The van der Waals surface area contributed by atoms with Gasteiger partial charge in [-0.25, -0.2) is 0 Å². The van der Waals surface area contributed by atoms with Gasteiger partial charge in [-0.1, -0.05) is 30.4 Å². The minimum Gasteiger partial charge on any atom is -0.399 e. The van der Waals surface area contributed by atoms with Gasteiger partial charge in [-0.15, -0.1) is 0 Å². The van der Waals surface area contributed by atoms with Gasteiger partial charge in [0.1, 0.15) is 0 Å². The molecule has 4 N–H and O–H groups in total. The number of nitrogen functional groups attached to an aromatic ring is 1. The zero-order valence-electron chi connectivity index (χ0n) is 9.14. The lowest BCUT2D eigenvalue weighted by Gasteiger charge is -2.07. The summed E-state index contributed by atoms with van der Waals surface area (Å²) in [7, 11) is 0. The zero-order valence-corrected chi connectivity index (χ0v) is 9.14. The highest BCUT2D eigenvalue weighted by atomic mass is 14.6. The molecule has 1 atom stereocenters. The number of benzene rings is 1. The van der Waals surface area contributed by atoms with Crippen LogP contribution in [0.25, 0.3) is 0 Å². The van der Waals surface area contributed by atoms with Crippen LogP contribution >= 0.6 is 0 Å². The molecule has 2 rings (SSSR count). The largest absolute Gasteiger partial charge is 0.399 e. The average Bonchev–Trinajstić information content (AvgIpc) is 2.47. The molecule has 1 aromatic carbocycles. The van der Waals surface area contributed by atoms with E-state index in [1.807, 2.05) is 30.4 Å². The summed E-state index contributed by atoms with van der Waals surface area (Å²) in [5.41, 5.74) is 14.3. The standard InChI is InChI=1S/C14H16N2/c15-13-3-1-2-11(4-7-13)10-12-5-8-14(16)9-6-12/h1-9,11H,10,15-16H2. The Bertz CT molecular complexity index is 438. The fourth-order valence-electron chi connectivity index (χ4n) is 1.73. The molecule has 2 nitrogen and oxygen atoms in total. The molecule has 1 aliphatic rings. The van der Waals surface area contributed by atoms with Crippen LogP contribution in [-0.4, -0.2) is 0 Å². The first-order chi connectivity index (χ1) is 7.74. The van der Waals surface area contributed by atoms with Crippen LogP contribution in [0, 0.1) is 5.92 Å². The summed E-state index contributed by atoms with van der Waals surface area (Å²) >= 11 is 0. The molecule has 1 unspecified atom stereocenters. The summed E-state index contributed by atoms with van der Waals surface area (Å²) in [5.74, 6) is 0.404. The SMILES string of the molecule is NC1=CC=CC(Cc2ccc(N)cc2)C=C1. The number of rotatable bonds is 2. The molecule has 1 aliphatic carbocycles. The molecular weight excluding hydrogens is 196 g/mol. The van der Waals surface area contributed by atoms with Crippen LogP contribution in [0.15, 0.2) is 60.3 Å². The van der Waals surface area contributed by atoms with E-state index < -0.39 is 0 Å². The second-order valence-electron chi connectivity index (χ2n) is 4.02. The lowest BCUT2D eigenvalue weighted by molar-refractivity contribution is 0.806. The molecule has 0 spiro atoms. The topological polar surface area (TPSA) is 52.0 Å². The zero-order chi connectivity index (χ0) is 11.4. The fourth-order valence-corrected chi connectivity index (χ4v) is 1.73. The highest BCUT2D eigenvalue weighted by Gasteiger charge is 2.03. The lowest BCUT2D eigenvalue weighted by atomic mass is 9.98. The van der Waals surface area contributed by atoms with E-state index in [2.05, 4.69) is 24.3 Å². The first-order valence-electron chi connectivity index (χ1n) is 5.40. The molecule has 0 heterocycles. The average molecular weight is 212 g/mol. The molecule has 1 aromatic rings. The van der Waals surface area contributed by atoms with E-state index in [1.54, 1.807) is 0 Å². The molecule has 82 valence electrons. The van der Waals surface area contributed by atoms with Crippen molar-refractivity contribution in [1.82, 2.24) is 0 Å². The maximum Gasteiger partial charge on any atom is 0.0314 e. The van der Waals surface area contributed by atoms with Gasteiger partial charge in [-0.3, -0.25) is 0 Å². The molecule has 0 aliphatic heterocycles. The third-order valence-corrected chi connectivity index (χ3v) is 2.63. The summed E-state index contributed by atoms with van der Waals surface area (Å²) in [4.78, 5) is 0. The summed E-state index contributed by atoms with van der Waals surface area (Å²) in [6.07, 6.45) is 11.2. The molecule has 0 saturated heterocycles. The Balaban J connectivity index is 2.06. The Labute approximate surface area is 96.0 Å². The van der Waals surface area contributed by atoms with Gasteiger partial charge < -0.3 is 11.5 Å². The summed E-state index contributed by atoms with van der Waals surface area (Å²) in [6.45, 7) is 0. The van der Waals surface area contributed by atoms with Crippen LogP contribution in [0.3, 0.4) is 0 Å². The van der Waals surface area contributed by atoms with Gasteiger partial charge in [0.2, 0.25) is 0 Å². The van der Waals surface area contributed by atoms with E-state index in [1.165, 1.54) is 5.56 Å². The number of hydrogen-bond donors (Lipinski definition) is 2. The van der Waals surface area contributed by atoms with Crippen LogP contribution in [-0.2, 0) is 6.42 Å². The van der Waals surface area contributed by atoms with Crippen LogP contribution in [0.1, 0.15) is 5.56 Å². The molecular formula is C14H16N2. The monoisotopic (exact) mass is 212 g/mol. The molecule has 0 radical (unpaired) electrons. The van der Waals surface area contributed by atoms with E-state index >= 15 is 0 Å². The number of nitrogens with two attached hydrogens (primary N) is 2. The third kappa shape index (κ3) is 2.76. The van der Waals surface area contributed by atoms with Gasteiger partial charge in [0.05, 0.1) is 0 Å². The molecule has 16 heavy (non-hydrogen) atoms. The van der Waals surface area contributed by atoms with Crippen molar-refractivity contribution in [1.29, 1.82) is 0 Å². The van der Waals surface area contributed by atoms with E-state index in [9.17, 15) is 0 Å². The van der Waals surface area contributed by atoms with Crippen molar-refractivity contribution in [2.45, 2.75) is 6.42 Å². The Morgan fingerprint density at radius 3 is 2.50 bits per heavy atom. The van der Waals surface area contributed by atoms with Crippen molar-refractivity contribution < 1.29 is 0 Å². The smallest absolute Gasteiger partial charge is 0.0314 e. The highest BCUT2D eigenvalue weighted by Crippen LogP contribution is 2.15. The Hall–Kier alpha value is -1.96. The number of allylic oxidation sites excluding steroid dienone is 5. The molecule has 0 bridgehead atoms. The van der Waals surface area contributed by atoms with Gasteiger partial charge in [0.25, 0.3) is 0 Å². The maximum atomic E-state index is 5.72. The minimum atomic E-state index is 0.404. The van der Waals surface area contributed by atoms with Crippen LogP contribution in [0.2, 0.25) is 0 Å². The van der Waals surface area contributed by atoms with Gasteiger partial charge in [0.15, 0.2) is 0 Å². The van der Waals surface area contributed by atoms with Gasteiger partial charge in [0, 0.05) is 11.4 Å². The third-order valence-electron chi connectivity index (χ3n) is 2.63. The van der Waals surface area contributed by atoms with Crippen LogP contribution < -0.4 is 11.5 Å². The molecule has 0 saturated carbocycles. The van der Waals surface area contributed by atoms with Crippen molar-refractivity contribution in [3.63, 3.8) is 0 Å². The number of anilines is 1. The van der Waals surface area contributed by atoms with Crippen molar-refractivity contribution in [2.24, 2.45) is 11.7 Å². The predicted octanol–water partition coefficient (Wildman–Crippen LogP) is 2.40. The van der Waals surface area contributed by atoms with Crippen molar-refractivity contribution >= 4 is 5.69 Å².